The van der Waals surface area contributed by atoms with Gasteiger partial charge in [0.05, 0.1) is 10.8 Å². The van der Waals surface area contributed by atoms with E-state index in [1.807, 2.05) is 12.1 Å². The molecule has 0 aliphatic carbocycles. The number of nitrogens with one attached hydrogen (secondary N) is 1. The molecule has 0 heterocycles. The van der Waals surface area contributed by atoms with Crippen LogP contribution in [0.1, 0.15) is 46.6 Å². The fourth-order valence-corrected chi connectivity index (χ4v) is 3.35. The highest BCUT2D eigenvalue weighted by Gasteiger charge is 2.15. The first-order valence-electron chi connectivity index (χ1n) is 7.10. The van der Waals surface area contributed by atoms with Crippen molar-refractivity contribution in [2.45, 2.75) is 57.4 Å². The van der Waals surface area contributed by atoms with Gasteiger partial charge in [-0.05, 0) is 36.1 Å². The predicted octanol–water partition coefficient (Wildman–Crippen LogP) is 3.48. The summed E-state index contributed by atoms with van der Waals surface area (Å²) in [5.41, 5.74) is 1.43. The van der Waals surface area contributed by atoms with E-state index < -0.39 is 10.8 Å². The number of rotatable bonds is 6. The van der Waals surface area contributed by atoms with Crippen LogP contribution in [0.3, 0.4) is 0 Å². The molecule has 0 saturated heterocycles. The van der Waals surface area contributed by atoms with Crippen LogP contribution in [-0.4, -0.2) is 22.5 Å². The second-order valence-electron chi connectivity index (χ2n) is 5.95. The molecule has 0 spiro atoms. The molecular weight excluding hydrogens is 254 g/mol. The van der Waals surface area contributed by atoms with Gasteiger partial charge in [-0.2, -0.15) is 0 Å². The fourth-order valence-electron chi connectivity index (χ4n) is 2.00. The van der Waals surface area contributed by atoms with Gasteiger partial charge in [0.2, 0.25) is 0 Å². The van der Waals surface area contributed by atoms with Crippen molar-refractivity contribution in [2.24, 2.45) is 0 Å². The minimum atomic E-state index is -0.912. The molecule has 1 aromatic rings. The Bertz CT molecular complexity index is 406. The lowest BCUT2D eigenvalue weighted by atomic mass is 9.87. The standard InChI is InChI=1S/C16H27NOS/c1-6-14(17-7-2)12-19(18)15-10-8-13(9-11-15)16(3,4)5/h8-11,14,17H,6-7,12H2,1-5H3. The Labute approximate surface area is 120 Å². The van der Waals surface area contributed by atoms with Crippen LogP contribution in [0.5, 0.6) is 0 Å². The normalized spacial score (nSPS) is 15.2. The van der Waals surface area contributed by atoms with Crippen LogP contribution < -0.4 is 5.32 Å². The minimum absolute atomic E-state index is 0.149. The first-order chi connectivity index (χ1) is 8.88. The molecule has 0 bridgehead atoms. The largest absolute Gasteiger partial charge is 0.313 e. The maximum Gasteiger partial charge on any atom is 0.0545 e. The Kier molecular flexibility index (Phi) is 6.21. The molecule has 0 fully saturated rings. The van der Waals surface area contributed by atoms with E-state index in [9.17, 15) is 4.21 Å². The van der Waals surface area contributed by atoms with Crippen molar-refractivity contribution in [2.75, 3.05) is 12.3 Å². The van der Waals surface area contributed by atoms with Crippen LogP contribution >= 0.6 is 0 Å². The molecule has 19 heavy (non-hydrogen) atoms. The third-order valence-electron chi connectivity index (χ3n) is 3.32. The summed E-state index contributed by atoms with van der Waals surface area (Å²) in [7, 11) is -0.912. The van der Waals surface area contributed by atoms with Crippen molar-refractivity contribution < 1.29 is 4.21 Å². The van der Waals surface area contributed by atoms with Gasteiger partial charge in [0.25, 0.3) is 0 Å². The summed E-state index contributed by atoms with van der Waals surface area (Å²) in [6.07, 6.45) is 1.01. The van der Waals surface area contributed by atoms with E-state index in [2.05, 4.69) is 52.1 Å². The van der Waals surface area contributed by atoms with Gasteiger partial charge < -0.3 is 5.32 Å². The van der Waals surface area contributed by atoms with Gasteiger partial charge in [-0.3, -0.25) is 4.21 Å². The Morgan fingerprint density at radius 2 is 1.74 bits per heavy atom. The Morgan fingerprint density at radius 3 is 2.16 bits per heavy atom. The minimum Gasteiger partial charge on any atom is -0.313 e. The smallest absolute Gasteiger partial charge is 0.0545 e. The monoisotopic (exact) mass is 281 g/mol. The van der Waals surface area contributed by atoms with E-state index in [-0.39, 0.29) is 5.41 Å². The summed E-state index contributed by atoms with van der Waals surface area (Å²) in [6, 6.07) is 8.56. The molecule has 1 rings (SSSR count). The van der Waals surface area contributed by atoms with Gasteiger partial charge in [0.15, 0.2) is 0 Å². The van der Waals surface area contributed by atoms with E-state index in [1.165, 1.54) is 5.56 Å². The number of benzene rings is 1. The maximum atomic E-state index is 12.3. The van der Waals surface area contributed by atoms with E-state index in [0.717, 1.165) is 17.9 Å². The van der Waals surface area contributed by atoms with Crippen molar-refractivity contribution in [1.29, 1.82) is 0 Å². The summed E-state index contributed by atoms with van der Waals surface area (Å²) in [5, 5.41) is 3.38. The lowest BCUT2D eigenvalue weighted by Gasteiger charge is -2.19. The third kappa shape index (κ3) is 5.07. The highest BCUT2D eigenvalue weighted by atomic mass is 32.2. The van der Waals surface area contributed by atoms with Gasteiger partial charge in [-0.15, -0.1) is 0 Å². The zero-order valence-electron chi connectivity index (χ0n) is 12.8. The Balaban J connectivity index is 2.73. The molecule has 3 heteroatoms. The number of hydrogen-bond donors (Lipinski definition) is 1. The van der Waals surface area contributed by atoms with E-state index in [1.54, 1.807) is 0 Å². The molecule has 2 nitrogen and oxygen atoms in total. The first kappa shape index (κ1) is 16.4. The molecule has 2 atom stereocenters. The topological polar surface area (TPSA) is 29.1 Å². The van der Waals surface area contributed by atoms with Crippen molar-refractivity contribution in [3.8, 4) is 0 Å². The van der Waals surface area contributed by atoms with E-state index in [0.29, 0.717) is 11.8 Å². The lowest BCUT2D eigenvalue weighted by molar-refractivity contribution is 0.553. The summed E-state index contributed by atoms with van der Waals surface area (Å²) >= 11 is 0. The molecule has 1 N–H and O–H groups in total. The molecule has 108 valence electrons. The van der Waals surface area contributed by atoms with E-state index >= 15 is 0 Å². The summed E-state index contributed by atoms with van der Waals surface area (Å²) in [5.74, 6) is 0.694. The molecule has 0 saturated carbocycles. The van der Waals surface area contributed by atoms with Crippen LogP contribution in [0.2, 0.25) is 0 Å². The predicted molar refractivity (Wildman–Crippen MR) is 84.2 cm³/mol. The van der Waals surface area contributed by atoms with Crippen molar-refractivity contribution in [3.63, 3.8) is 0 Å². The van der Waals surface area contributed by atoms with Gasteiger partial charge in [0, 0.05) is 16.7 Å². The molecule has 0 amide bonds. The second-order valence-corrected chi connectivity index (χ2v) is 7.45. The highest BCUT2D eigenvalue weighted by molar-refractivity contribution is 7.85. The van der Waals surface area contributed by atoms with Crippen LogP contribution in [0.4, 0.5) is 0 Å². The molecule has 0 aliphatic rings. The quantitative estimate of drug-likeness (QED) is 0.865. The summed E-state index contributed by atoms with van der Waals surface area (Å²) in [6.45, 7) is 11.7. The fraction of sp³-hybridized carbons (Fsp3) is 0.625. The Morgan fingerprint density at radius 1 is 1.16 bits per heavy atom. The van der Waals surface area contributed by atoms with Gasteiger partial charge in [-0.1, -0.05) is 46.8 Å². The number of hydrogen-bond acceptors (Lipinski definition) is 2. The molecule has 0 aliphatic heterocycles. The van der Waals surface area contributed by atoms with Crippen LogP contribution in [-0.2, 0) is 16.2 Å². The van der Waals surface area contributed by atoms with E-state index in [4.69, 9.17) is 0 Å². The molecule has 2 unspecified atom stereocenters. The third-order valence-corrected chi connectivity index (χ3v) is 4.82. The zero-order chi connectivity index (χ0) is 14.5. The average Bonchev–Trinajstić information content (AvgIpc) is 2.37. The Hall–Kier alpha value is -0.670. The van der Waals surface area contributed by atoms with Crippen LogP contribution in [0, 0.1) is 0 Å². The molecule has 1 aromatic carbocycles. The van der Waals surface area contributed by atoms with Crippen molar-refractivity contribution in [3.05, 3.63) is 29.8 Å². The molecule has 0 aromatic heterocycles. The highest BCUT2D eigenvalue weighted by Crippen LogP contribution is 2.23. The molecule has 0 radical (unpaired) electrons. The maximum absolute atomic E-state index is 12.3. The average molecular weight is 281 g/mol. The van der Waals surface area contributed by atoms with Crippen LogP contribution in [0.25, 0.3) is 0 Å². The zero-order valence-corrected chi connectivity index (χ0v) is 13.6. The lowest BCUT2D eigenvalue weighted by Crippen LogP contribution is -2.33. The summed E-state index contributed by atoms with van der Waals surface area (Å²) in [4.78, 5) is 0.935. The second kappa shape index (κ2) is 7.20. The first-order valence-corrected chi connectivity index (χ1v) is 8.42. The molecular formula is C16H27NOS. The van der Waals surface area contributed by atoms with Crippen LogP contribution in [0.15, 0.2) is 29.2 Å². The SMILES string of the molecule is CCNC(CC)CS(=O)c1ccc(C(C)(C)C)cc1. The van der Waals surface area contributed by atoms with Gasteiger partial charge in [0.1, 0.15) is 0 Å². The summed E-state index contributed by atoms with van der Waals surface area (Å²) < 4.78 is 12.3. The van der Waals surface area contributed by atoms with Gasteiger partial charge >= 0.3 is 0 Å². The van der Waals surface area contributed by atoms with Gasteiger partial charge in [-0.25, -0.2) is 0 Å². The van der Waals surface area contributed by atoms with Crippen molar-refractivity contribution in [1.82, 2.24) is 5.32 Å². The van der Waals surface area contributed by atoms with Crippen molar-refractivity contribution >= 4 is 10.8 Å².